The topological polar surface area (TPSA) is 21.3 Å². The van der Waals surface area contributed by atoms with Gasteiger partial charge in [-0.15, -0.1) is 0 Å². The van der Waals surface area contributed by atoms with Gasteiger partial charge in [-0.2, -0.15) is 0 Å². The van der Waals surface area contributed by atoms with Crippen LogP contribution in [0.15, 0.2) is 0 Å². The van der Waals surface area contributed by atoms with Crippen molar-refractivity contribution >= 4 is 0 Å². The van der Waals surface area contributed by atoms with Crippen molar-refractivity contribution in [1.29, 1.82) is 0 Å². The minimum absolute atomic E-state index is 0.0237. The fraction of sp³-hybridized carbons (Fsp3) is 1.00. The van der Waals surface area contributed by atoms with E-state index in [0.29, 0.717) is 0 Å². The molecule has 86 valence electrons. The monoisotopic (exact) mass is 201 g/mol. The van der Waals surface area contributed by atoms with Crippen molar-refractivity contribution in [3.63, 3.8) is 0 Å². The van der Waals surface area contributed by atoms with Crippen molar-refractivity contribution in [2.45, 2.75) is 53.1 Å². The van der Waals surface area contributed by atoms with Crippen molar-refractivity contribution in [1.82, 2.24) is 5.32 Å². The van der Waals surface area contributed by atoms with Gasteiger partial charge in [-0.25, -0.2) is 0 Å². The molecule has 0 rings (SSSR count). The lowest BCUT2D eigenvalue weighted by atomic mass is 10.1. The van der Waals surface area contributed by atoms with Crippen LogP contribution in [0.25, 0.3) is 0 Å². The molecular weight excluding hydrogens is 174 g/mol. The SMILES string of the molecule is CCCNCC(C)(C)OCCC(C)C. The molecule has 0 aliphatic carbocycles. The molecule has 0 saturated heterocycles. The van der Waals surface area contributed by atoms with Gasteiger partial charge in [0.2, 0.25) is 0 Å². The molecule has 0 saturated carbocycles. The first-order chi connectivity index (χ1) is 6.48. The minimum atomic E-state index is -0.0237. The van der Waals surface area contributed by atoms with Gasteiger partial charge in [0.25, 0.3) is 0 Å². The van der Waals surface area contributed by atoms with Gasteiger partial charge < -0.3 is 10.1 Å². The van der Waals surface area contributed by atoms with Crippen LogP contribution >= 0.6 is 0 Å². The quantitative estimate of drug-likeness (QED) is 0.610. The summed E-state index contributed by atoms with van der Waals surface area (Å²) in [4.78, 5) is 0. The van der Waals surface area contributed by atoms with Gasteiger partial charge >= 0.3 is 0 Å². The van der Waals surface area contributed by atoms with Crippen LogP contribution in [0.1, 0.15) is 47.5 Å². The number of hydrogen-bond acceptors (Lipinski definition) is 2. The Morgan fingerprint density at radius 3 is 2.43 bits per heavy atom. The summed E-state index contributed by atoms with van der Waals surface area (Å²) in [6.45, 7) is 13.8. The summed E-state index contributed by atoms with van der Waals surface area (Å²) in [5.74, 6) is 0.731. The van der Waals surface area contributed by atoms with Crippen LogP contribution in [0.3, 0.4) is 0 Å². The van der Waals surface area contributed by atoms with E-state index < -0.39 is 0 Å². The van der Waals surface area contributed by atoms with Crippen molar-refractivity contribution in [3.05, 3.63) is 0 Å². The summed E-state index contributed by atoms with van der Waals surface area (Å²) >= 11 is 0. The van der Waals surface area contributed by atoms with E-state index in [4.69, 9.17) is 4.74 Å². The van der Waals surface area contributed by atoms with Crippen molar-refractivity contribution in [2.75, 3.05) is 19.7 Å². The van der Waals surface area contributed by atoms with Gasteiger partial charge in [0.05, 0.1) is 5.60 Å². The highest BCUT2D eigenvalue weighted by Crippen LogP contribution is 2.10. The van der Waals surface area contributed by atoms with Gasteiger partial charge in [0.1, 0.15) is 0 Å². The van der Waals surface area contributed by atoms with Crippen LogP contribution in [0.4, 0.5) is 0 Å². The predicted octanol–water partition coefficient (Wildman–Crippen LogP) is 2.83. The zero-order valence-electron chi connectivity index (χ0n) is 10.5. The molecule has 2 nitrogen and oxygen atoms in total. The lowest BCUT2D eigenvalue weighted by molar-refractivity contribution is -0.0206. The normalized spacial score (nSPS) is 12.4. The third kappa shape index (κ3) is 8.52. The molecule has 14 heavy (non-hydrogen) atoms. The summed E-state index contributed by atoms with van der Waals surface area (Å²) in [5.41, 5.74) is -0.0237. The van der Waals surface area contributed by atoms with Gasteiger partial charge in [-0.3, -0.25) is 0 Å². The summed E-state index contributed by atoms with van der Waals surface area (Å²) in [7, 11) is 0. The first-order valence-electron chi connectivity index (χ1n) is 5.82. The van der Waals surface area contributed by atoms with Crippen LogP contribution in [0.5, 0.6) is 0 Å². The molecule has 0 spiro atoms. The summed E-state index contributed by atoms with van der Waals surface area (Å²) in [6.07, 6.45) is 2.33. The van der Waals surface area contributed by atoms with Crippen LogP contribution < -0.4 is 5.32 Å². The number of hydrogen-bond donors (Lipinski definition) is 1. The predicted molar refractivity (Wildman–Crippen MR) is 62.6 cm³/mol. The third-order valence-corrected chi connectivity index (χ3v) is 2.17. The molecular formula is C12H27NO. The fourth-order valence-corrected chi connectivity index (χ4v) is 1.19. The Morgan fingerprint density at radius 1 is 1.29 bits per heavy atom. The molecule has 0 aliphatic rings. The molecule has 0 aliphatic heterocycles. The van der Waals surface area contributed by atoms with E-state index in [0.717, 1.165) is 32.0 Å². The Morgan fingerprint density at radius 2 is 1.93 bits per heavy atom. The fourth-order valence-electron chi connectivity index (χ4n) is 1.19. The van der Waals surface area contributed by atoms with Gasteiger partial charge in [-0.05, 0) is 39.2 Å². The van der Waals surface area contributed by atoms with Crippen LogP contribution in [-0.4, -0.2) is 25.3 Å². The molecule has 1 N–H and O–H groups in total. The second kappa shape index (κ2) is 7.24. The highest BCUT2D eigenvalue weighted by molar-refractivity contribution is 4.71. The van der Waals surface area contributed by atoms with Crippen molar-refractivity contribution in [3.8, 4) is 0 Å². The second-order valence-electron chi connectivity index (χ2n) is 4.97. The molecule has 0 bridgehead atoms. The summed E-state index contributed by atoms with van der Waals surface area (Å²) < 4.78 is 5.82. The zero-order valence-corrected chi connectivity index (χ0v) is 10.5. The Bertz CT molecular complexity index is 132. The Balaban J connectivity index is 3.50. The molecule has 0 unspecified atom stereocenters. The number of rotatable bonds is 8. The molecule has 0 atom stereocenters. The van der Waals surface area contributed by atoms with E-state index in [9.17, 15) is 0 Å². The Hall–Kier alpha value is -0.0800. The smallest absolute Gasteiger partial charge is 0.0750 e. The molecule has 0 radical (unpaired) electrons. The molecule has 0 aromatic rings. The highest BCUT2D eigenvalue weighted by Gasteiger charge is 2.17. The van der Waals surface area contributed by atoms with Crippen LogP contribution in [-0.2, 0) is 4.74 Å². The first kappa shape index (κ1) is 13.9. The molecule has 2 heteroatoms. The molecule has 0 amide bonds. The molecule has 0 heterocycles. The third-order valence-electron chi connectivity index (χ3n) is 2.17. The largest absolute Gasteiger partial charge is 0.374 e. The average molecular weight is 201 g/mol. The van der Waals surface area contributed by atoms with E-state index in [2.05, 4.69) is 39.9 Å². The van der Waals surface area contributed by atoms with Crippen LogP contribution in [0, 0.1) is 5.92 Å². The highest BCUT2D eigenvalue weighted by atomic mass is 16.5. The van der Waals surface area contributed by atoms with E-state index >= 15 is 0 Å². The number of ether oxygens (including phenoxy) is 1. The first-order valence-corrected chi connectivity index (χ1v) is 5.82. The molecule has 0 fully saturated rings. The van der Waals surface area contributed by atoms with Gasteiger partial charge in [0.15, 0.2) is 0 Å². The maximum Gasteiger partial charge on any atom is 0.0750 e. The Kier molecular flexibility index (Phi) is 7.20. The maximum atomic E-state index is 5.82. The second-order valence-corrected chi connectivity index (χ2v) is 4.97. The summed E-state index contributed by atoms with van der Waals surface area (Å²) in [6, 6.07) is 0. The number of nitrogens with one attached hydrogen (secondary N) is 1. The van der Waals surface area contributed by atoms with Gasteiger partial charge in [0, 0.05) is 13.2 Å². The average Bonchev–Trinajstić information content (AvgIpc) is 2.03. The lowest BCUT2D eigenvalue weighted by Gasteiger charge is -2.26. The Labute approximate surface area is 89.4 Å². The van der Waals surface area contributed by atoms with E-state index in [-0.39, 0.29) is 5.60 Å². The molecule has 0 aromatic carbocycles. The van der Waals surface area contributed by atoms with E-state index in [1.807, 2.05) is 0 Å². The minimum Gasteiger partial charge on any atom is -0.374 e. The molecule has 0 aromatic heterocycles. The lowest BCUT2D eigenvalue weighted by Crippen LogP contribution is -2.38. The standard InChI is InChI=1S/C12H27NO/c1-6-8-13-10-12(4,5)14-9-7-11(2)3/h11,13H,6-10H2,1-5H3. The van der Waals surface area contributed by atoms with Gasteiger partial charge in [-0.1, -0.05) is 20.8 Å². The zero-order chi connectivity index (χ0) is 11.0. The maximum absolute atomic E-state index is 5.82. The van der Waals surface area contributed by atoms with Crippen molar-refractivity contribution < 1.29 is 4.74 Å². The van der Waals surface area contributed by atoms with Crippen LogP contribution in [0.2, 0.25) is 0 Å². The summed E-state index contributed by atoms with van der Waals surface area (Å²) in [5, 5.41) is 3.39. The van der Waals surface area contributed by atoms with E-state index in [1.165, 1.54) is 6.42 Å². The van der Waals surface area contributed by atoms with Crippen molar-refractivity contribution in [2.24, 2.45) is 5.92 Å². The van der Waals surface area contributed by atoms with E-state index in [1.54, 1.807) is 0 Å².